The van der Waals surface area contributed by atoms with Crippen LogP contribution >= 0.6 is 11.3 Å². The molecule has 2 aromatic rings. The maximum atomic E-state index is 14.4. The van der Waals surface area contributed by atoms with Gasteiger partial charge in [0.25, 0.3) is 0 Å². The van der Waals surface area contributed by atoms with Crippen LogP contribution in [0.2, 0.25) is 0 Å². The van der Waals surface area contributed by atoms with Gasteiger partial charge in [-0.3, -0.25) is 0 Å². The number of aromatic nitrogens is 2. The zero-order chi connectivity index (χ0) is 19.7. The fourth-order valence-corrected chi connectivity index (χ4v) is 4.38. The monoisotopic (exact) mass is 400 g/mol. The van der Waals surface area contributed by atoms with Crippen LogP contribution in [-0.2, 0) is 0 Å². The number of hydrogen-bond donors (Lipinski definition) is 2. The van der Waals surface area contributed by atoms with E-state index in [9.17, 15) is 9.65 Å². The number of amidine groups is 1. The zero-order valence-electron chi connectivity index (χ0n) is 15.5. The first-order chi connectivity index (χ1) is 13.5. The maximum absolute atomic E-state index is 14.4. The Morgan fingerprint density at radius 2 is 2.29 bits per heavy atom. The number of anilines is 2. The molecule has 0 spiro atoms. The van der Waals surface area contributed by atoms with Crippen molar-refractivity contribution >= 4 is 38.3 Å². The Morgan fingerprint density at radius 1 is 1.43 bits per heavy atom. The molecule has 0 aliphatic carbocycles. The lowest BCUT2D eigenvalue weighted by Crippen LogP contribution is -2.30. The van der Waals surface area contributed by atoms with Crippen LogP contribution in [0.15, 0.2) is 23.1 Å². The Balaban J connectivity index is 1.69. The van der Waals surface area contributed by atoms with Crippen molar-refractivity contribution in [3.05, 3.63) is 23.9 Å². The van der Waals surface area contributed by atoms with Crippen molar-refractivity contribution in [2.75, 3.05) is 37.0 Å². The average molecular weight is 400 g/mol. The molecule has 1 atom stereocenters. The van der Waals surface area contributed by atoms with Gasteiger partial charge >= 0.3 is 0 Å². The molecule has 2 aromatic heterocycles. The summed E-state index contributed by atoms with van der Waals surface area (Å²) in [6.45, 7) is 1.87. The third kappa shape index (κ3) is 3.57. The van der Waals surface area contributed by atoms with Crippen LogP contribution in [0.5, 0.6) is 0 Å². The number of nitrogens with two attached hydrogens (primary N) is 1. The lowest BCUT2D eigenvalue weighted by atomic mass is 10.1. The molecule has 10 heteroatoms. The van der Waals surface area contributed by atoms with Crippen molar-refractivity contribution in [3.63, 3.8) is 0 Å². The number of nitrogens with one attached hydrogen (secondary N) is 1. The topological polar surface area (TPSA) is 106 Å². The molecule has 4 heterocycles. The van der Waals surface area contributed by atoms with E-state index in [0.717, 1.165) is 36.8 Å². The molecule has 146 valence electrons. The normalized spacial score (nSPS) is 20.4. The van der Waals surface area contributed by atoms with Gasteiger partial charge in [-0.05, 0) is 12.8 Å². The Hall–Kier alpha value is -2.93. The molecular formula is C18H21FN8S. The number of pyridine rings is 1. The average Bonchev–Trinajstić information content (AvgIpc) is 3.00. The summed E-state index contributed by atoms with van der Waals surface area (Å²) < 4.78 is 15.0. The number of fused-ring (bicyclic) bond motifs is 1. The minimum atomic E-state index is -0.457. The summed E-state index contributed by atoms with van der Waals surface area (Å²) in [6, 6.07) is 2.36. The molecule has 4 rings (SSSR count). The molecule has 1 unspecified atom stereocenters. The summed E-state index contributed by atoms with van der Waals surface area (Å²) >= 11 is 1.39. The highest BCUT2D eigenvalue weighted by Gasteiger charge is 2.23. The molecule has 1 saturated heterocycles. The molecule has 2 aliphatic heterocycles. The van der Waals surface area contributed by atoms with E-state index in [4.69, 9.17) is 5.73 Å². The minimum absolute atomic E-state index is 0.0293. The lowest BCUT2D eigenvalue weighted by molar-refractivity contribution is 0.432. The summed E-state index contributed by atoms with van der Waals surface area (Å²) in [4.78, 5) is 16.9. The molecule has 0 aromatic carbocycles. The molecule has 0 radical (unpaired) electrons. The number of thiazole rings is 1. The van der Waals surface area contributed by atoms with E-state index < -0.39 is 5.82 Å². The Kier molecular flexibility index (Phi) is 5.00. The third-order valence-electron chi connectivity index (χ3n) is 4.90. The first-order valence-corrected chi connectivity index (χ1v) is 9.96. The van der Waals surface area contributed by atoms with Gasteiger partial charge in [0, 0.05) is 26.2 Å². The van der Waals surface area contributed by atoms with Crippen LogP contribution < -0.4 is 16.0 Å². The van der Waals surface area contributed by atoms with Crippen LogP contribution in [0.3, 0.4) is 0 Å². The van der Waals surface area contributed by atoms with Gasteiger partial charge in [0.2, 0.25) is 0 Å². The standard InChI is InChI=1S/C18H21FN8S/c1-26-10-23-13(21)6-14(26)24-17-16-15(12(19)8-22-17)25-18(28-16)27-5-3-2-4-11(7-20)9-27/h6,8,11H,2-5,9-10H2,1H3,(H2,21,23)(H,22,24). The van der Waals surface area contributed by atoms with E-state index >= 15 is 0 Å². The second-order valence-corrected chi connectivity index (χ2v) is 7.95. The van der Waals surface area contributed by atoms with Crippen LogP contribution in [0.1, 0.15) is 19.3 Å². The molecule has 0 amide bonds. The summed E-state index contributed by atoms with van der Waals surface area (Å²) in [6.07, 6.45) is 5.80. The maximum Gasteiger partial charge on any atom is 0.186 e. The molecular weight excluding hydrogens is 379 g/mol. The van der Waals surface area contributed by atoms with Crippen molar-refractivity contribution in [2.45, 2.75) is 19.3 Å². The first kappa shape index (κ1) is 18.4. The molecule has 1 fully saturated rings. The molecule has 8 nitrogen and oxygen atoms in total. The van der Waals surface area contributed by atoms with Crippen molar-refractivity contribution in [2.24, 2.45) is 16.6 Å². The number of aliphatic imine (C=N–C) groups is 1. The van der Waals surface area contributed by atoms with Gasteiger partial charge in [-0.1, -0.05) is 17.8 Å². The van der Waals surface area contributed by atoms with Crippen LogP contribution in [0.25, 0.3) is 10.2 Å². The molecule has 3 N–H and O–H groups in total. The van der Waals surface area contributed by atoms with Gasteiger partial charge in [-0.15, -0.1) is 0 Å². The smallest absolute Gasteiger partial charge is 0.186 e. The van der Waals surface area contributed by atoms with E-state index in [1.54, 1.807) is 6.08 Å². The number of rotatable bonds is 3. The molecule has 2 aliphatic rings. The van der Waals surface area contributed by atoms with Gasteiger partial charge in [0.05, 0.1) is 18.2 Å². The SMILES string of the molecule is CN1CN=C(N)C=C1Nc1ncc(F)c2nc(N3CCCCC(C#N)C3)sc12. The third-order valence-corrected chi connectivity index (χ3v) is 6.02. The number of halogens is 1. The largest absolute Gasteiger partial charge is 0.384 e. The fraction of sp³-hybridized carbons (Fsp3) is 0.444. The van der Waals surface area contributed by atoms with Gasteiger partial charge in [0.15, 0.2) is 16.8 Å². The van der Waals surface area contributed by atoms with Crippen molar-refractivity contribution in [1.29, 1.82) is 5.26 Å². The van der Waals surface area contributed by atoms with Gasteiger partial charge in [0.1, 0.15) is 28.5 Å². The summed E-state index contributed by atoms with van der Waals surface area (Å²) in [5.74, 6) is 1.21. The summed E-state index contributed by atoms with van der Waals surface area (Å²) in [7, 11) is 1.88. The van der Waals surface area contributed by atoms with Crippen LogP contribution in [0, 0.1) is 23.1 Å². The highest BCUT2D eigenvalue weighted by atomic mass is 32.1. The quantitative estimate of drug-likeness (QED) is 0.815. The van der Waals surface area contributed by atoms with E-state index in [2.05, 4.69) is 31.2 Å². The van der Waals surface area contributed by atoms with E-state index in [-0.39, 0.29) is 11.4 Å². The highest BCUT2D eigenvalue weighted by molar-refractivity contribution is 7.22. The predicted octanol–water partition coefficient (Wildman–Crippen LogP) is 2.47. The van der Waals surface area contributed by atoms with Crippen LogP contribution in [-0.4, -0.2) is 47.5 Å². The lowest BCUT2D eigenvalue weighted by Gasteiger charge is -2.24. The van der Waals surface area contributed by atoms with Gasteiger partial charge in [-0.2, -0.15) is 5.26 Å². The second-order valence-electron chi connectivity index (χ2n) is 6.97. The highest BCUT2D eigenvalue weighted by Crippen LogP contribution is 2.36. The van der Waals surface area contributed by atoms with Gasteiger partial charge in [-0.25, -0.2) is 19.4 Å². The summed E-state index contributed by atoms with van der Waals surface area (Å²) in [5.41, 5.74) is 6.09. The van der Waals surface area contributed by atoms with Crippen molar-refractivity contribution < 1.29 is 4.39 Å². The van der Waals surface area contributed by atoms with Crippen molar-refractivity contribution in [1.82, 2.24) is 14.9 Å². The Morgan fingerprint density at radius 3 is 3.11 bits per heavy atom. The van der Waals surface area contributed by atoms with Gasteiger partial charge < -0.3 is 20.9 Å². The second kappa shape index (κ2) is 7.59. The van der Waals surface area contributed by atoms with Crippen LogP contribution in [0.4, 0.5) is 15.3 Å². The number of hydrogen-bond acceptors (Lipinski definition) is 9. The summed E-state index contributed by atoms with van der Waals surface area (Å²) in [5, 5.41) is 13.3. The van der Waals surface area contributed by atoms with E-state index in [1.807, 2.05) is 11.9 Å². The minimum Gasteiger partial charge on any atom is -0.384 e. The molecule has 28 heavy (non-hydrogen) atoms. The Bertz CT molecular complexity index is 991. The predicted molar refractivity (Wildman–Crippen MR) is 108 cm³/mol. The zero-order valence-corrected chi connectivity index (χ0v) is 16.3. The number of nitrogens with zero attached hydrogens (tertiary/aromatic N) is 6. The number of nitriles is 1. The first-order valence-electron chi connectivity index (χ1n) is 9.14. The van der Waals surface area contributed by atoms with Crippen molar-refractivity contribution in [3.8, 4) is 6.07 Å². The van der Waals surface area contributed by atoms with E-state index in [0.29, 0.717) is 29.6 Å². The molecule has 0 bridgehead atoms. The fourth-order valence-electron chi connectivity index (χ4n) is 3.33. The van der Waals surface area contributed by atoms with E-state index in [1.165, 1.54) is 17.5 Å². The Labute approximate surface area is 166 Å². The molecule has 0 saturated carbocycles.